The summed E-state index contributed by atoms with van der Waals surface area (Å²) in [4.78, 5) is 11.7. The average molecular weight is 198 g/mol. The number of nitrogens with two attached hydrogens (primary N) is 1. The maximum Gasteiger partial charge on any atom is 0.223 e. The molecular weight excluding hydrogens is 176 g/mol. The van der Waals surface area contributed by atoms with E-state index in [1.165, 1.54) is 12.8 Å². The van der Waals surface area contributed by atoms with Gasteiger partial charge in [0.25, 0.3) is 0 Å². The summed E-state index contributed by atoms with van der Waals surface area (Å²) >= 11 is 0. The maximum absolute atomic E-state index is 11.7. The van der Waals surface area contributed by atoms with Crippen LogP contribution in [0.2, 0.25) is 0 Å². The summed E-state index contributed by atoms with van der Waals surface area (Å²) in [7, 11) is 0. The van der Waals surface area contributed by atoms with Gasteiger partial charge >= 0.3 is 0 Å². The van der Waals surface area contributed by atoms with E-state index in [0.29, 0.717) is 12.5 Å². The molecule has 0 aromatic carbocycles. The number of rotatable bonds is 4. The Kier molecular flexibility index (Phi) is 4.39. The van der Waals surface area contributed by atoms with E-state index in [0.717, 1.165) is 12.8 Å². The van der Waals surface area contributed by atoms with Crippen LogP contribution in [0, 0.1) is 11.8 Å². The highest BCUT2D eigenvalue weighted by Crippen LogP contribution is 2.24. The molecule has 82 valence electrons. The third-order valence-corrected chi connectivity index (χ3v) is 3.32. The van der Waals surface area contributed by atoms with Crippen molar-refractivity contribution in [3.8, 4) is 0 Å². The predicted octanol–water partition coefficient (Wildman–Crippen LogP) is 1.28. The van der Waals surface area contributed by atoms with Gasteiger partial charge in [0.15, 0.2) is 0 Å². The molecule has 0 aliphatic heterocycles. The number of carbonyl (C=O) groups is 1. The van der Waals surface area contributed by atoms with Crippen molar-refractivity contribution in [3.63, 3.8) is 0 Å². The molecule has 14 heavy (non-hydrogen) atoms. The Labute approximate surface area is 86.4 Å². The van der Waals surface area contributed by atoms with Gasteiger partial charge in [0.05, 0.1) is 0 Å². The van der Waals surface area contributed by atoms with E-state index in [-0.39, 0.29) is 17.9 Å². The van der Waals surface area contributed by atoms with Gasteiger partial charge in [-0.2, -0.15) is 0 Å². The van der Waals surface area contributed by atoms with Crippen LogP contribution in [0.1, 0.15) is 39.5 Å². The molecule has 3 heteroatoms. The minimum Gasteiger partial charge on any atom is -0.353 e. The summed E-state index contributed by atoms with van der Waals surface area (Å²) in [6, 6.07) is 0.202. The Hall–Kier alpha value is -0.570. The Morgan fingerprint density at radius 3 is 2.50 bits per heavy atom. The normalized spacial score (nSPS) is 21.9. The van der Waals surface area contributed by atoms with E-state index < -0.39 is 0 Å². The molecule has 0 heterocycles. The molecule has 1 amide bonds. The maximum atomic E-state index is 11.7. The zero-order chi connectivity index (χ0) is 10.6. The van der Waals surface area contributed by atoms with Crippen LogP contribution in [0.25, 0.3) is 0 Å². The van der Waals surface area contributed by atoms with Gasteiger partial charge in [-0.25, -0.2) is 0 Å². The second-order valence-electron chi connectivity index (χ2n) is 4.49. The summed E-state index contributed by atoms with van der Waals surface area (Å²) in [5.41, 5.74) is 5.55. The molecule has 0 bridgehead atoms. The Morgan fingerprint density at radius 2 is 2.00 bits per heavy atom. The van der Waals surface area contributed by atoms with Crippen LogP contribution in [0.5, 0.6) is 0 Å². The van der Waals surface area contributed by atoms with Crippen molar-refractivity contribution in [1.82, 2.24) is 5.32 Å². The predicted molar refractivity (Wildman–Crippen MR) is 57.8 cm³/mol. The molecule has 1 aliphatic rings. The van der Waals surface area contributed by atoms with Crippen LogP contribution in [0.3, 0.4) is 0 Å². The van der Waals surface area contributed by atoms with Crippen LogP contribution < -0.4 is 11.1 Å². The largest absolute Gasteiger partial charge is 0.353 e. The lowest BCUT2D eigenvalue weighted by molar-refractivity contribution is -0.125. The van der Waals surface area contributed by atoms with Crippen LogP contribution >= 0.6 is 0 Å². The highest BCUT2D eigenvalue weighted by atomic mass is 16.1. The van der Waals surface area contributed by atoms with Crippen LogP contribution in [0.15, 0.2) is 0 Å². The Balaban J connectivity index is 2.31. The van der Waals surface area contributed by atoms with Gasteiger partial charge in [0.1, 0.15) is 0 Å². The fraction of sp³-hybridized carbons (Fsp3) is 0.909. The first-order valence-electron chi connectivity index (χ1n) is 5.65. The van der Waals surface area contributed by atoms with Crippen molar-refractivity contribution in [2.24, 2.45) is 17.6 Å². The lowest BCUT2D eigenvalue weighted by Gasteiger charge is -2.21. The molecule has 0 saturated heterocycles. The first kappa shape index (κ1) is 11.5. The first-order valence-corrected chi connectivity index (χ1v) is 5.65. The minimum absolute atomic E-state index is 0.202. The second-order valence-corrected chi connectivity index (χ2v) is 4.49. The van der Waals surface area contributed by atoms with Gasteiger partial charge in [-0.1, -0.05) is 19.8 Å². The average Bonchev–Trinajstić information content (AvgIpc) is 2.69. The zero-order valence-corrected chi connectivity index (χ0v) is 9.25. The molecule has 3 nitrogen and oxygen atoms in total. The van der Waals surface area contributed by atoms with E-state index in [9.17, 15) is 4.79 Å². The molecule has 0 aromatic heterocycles. The summed E-state index contributed by atoms with van der Waals surface area (Å²) in [6.07, 6.45) is 4.54. The highest BCUT2D eigenvalue weighted by Gasteiger charge is 2.24. The smallest absolute Gasteiger partial charge is 0.223 e. The number of carbonyl (C=O) groups excluding carboxylic acids is 1. The zero-order valence-electron chi connectivity index (χ0n) is 9.25. The molecule has 1 fully saturated rings. The summed E-state index contributed by atoms with van der Waals surface area (Å²) in [6.45, 7) is 4.73. The van der Waals surface area contributed by atoms with E-state index in [2.05, 4.69) is 12.2 Å². The highest BCUT2D eigenvalue weighted by molar-refractivity contribution is 5.79. The fourth-order valence-electron chi connectivity index (χ4n) is 1.88. The second kappa shape index (κ2) is 5.35. The van der Waals surface area contributed by atoms with Crippen molar-refractivity contribution in [2.45, 2.75) is 45.6 Å². The molecule has 0 radical (unpaired) electrons. The number of hydrogen-bond donors (Lipinski definition) is 2. The molecule has 0 aromatic rings. The van der Waals surface area contributed by atoms with Crippen LogP contribution in [0.4, 0.5) is 0 Å². The van der Waals surface area contributed by atoms with Gasteiger partial charge in [-0.15, -0.1) is 0 Å². The monoisotopic (exact) mass is 198 g/mol. The van der Waals surface area contributed by atoms with Gasteiger partial charge in [0, 0.05) is 12.0 Å². The molecule has 2 unspecified atom stereocenters. The van der Waals surface area contributed by atoms with E-state index in [4.69, 9.17) is 5.73 Å². The Bertz CT molecular complexity index is 188. The molecule has 1 saturated carbocycles. The van der Waals surface area contributed by atoms with Crippen molar-refractivity contribution in [1.29, 1.82) is 0 Å². The van der Waals surface area contributed by atoms with E-state index >= 15 is 0 Å². The van der Waals surface area contributed by atoms with E-state index in [1.54, 1.807) is 0 Å². The molecule has 0 spiro atoms. The van der Waals surface area contributed by atoms with Crippen LogP contribution in [-0.2, 0) is 4.79 Å². The molecular formula is C11H22N2O. The van der Waals surface area contributed by atoms with Crippen molar-refractivity contribution >= 4 is 5.91 Å². The van der Waals surface area contributed by atoms with Gasteiger partial charge in [-0.3, -0.25) is 4.79 Å². The summed E-state index contributed by atoms with van der Waals surface area (Å²) in [5.74, 6) is 0.859. The third kappa shape index (κ3) is 2.98. The number of amides is 1. The van der Waals surface area contributed by atoms with Crippen molar-refractivity contribution in [2.75, 3.05) is 6.54 Å². The standard InChI is InChI=1S/C11H22N2O/c1-8(7-12)9(2)13-11(14)10-5-3-4-6-10/h8-10H,3-7,12H2,1-2H3,(H,13,14). The molecule has 1 rings (SSSR count). The third-order valence-electron chi connectivity index (χ3n) is 3.32. The molecule has 1 aliphatic carbocycles. The number of nitrogens with one attached hydrogen (secondary N) is 1. The number of hydrogen-bond acceptors (Lipinski definition) is 2. The van der Waals surface area contributed by atoms with Gasteiger partial charge in [-0.05, 0) is 32.2 Å². The lowest BCUT2D eigenvalue weighted by atomic mass is 10.0. The first-order chi connectivity index (χ1) is 6.65. The molecule has 2 atom stereocenters. The lowest BCUT2D eigenvalue weighted by Crippen LogP contribution is -2.42. The minimum atomic E-state index is 0.202. The SMILES string of the molecule is CC(CN)C(C)NC(=O)C1CCCC1. The fourth-order valence-corrected chi connectivity index (χ4v) is 1.88. The van der Waals surface area contributed by atoms with E-state index in [1.807, 2.05) is 6.92 Å². The van der Waals surface area contributed by atoms with Crippen molar-refractivity contribution in [3.05, 3.63) is 0 Å². The summed E-state index contributed by atoms with van der Waals surface area (Å²) in [5, 5.41) is 3.05. The van der Waals surface area contributed by atoms with Crippen molar-refractivity contribution < 1.29 is 4.79 Å². The van der Waals surface area contributed by atoms with Gasteiger partial charge < -0.3 is 11.1 Å². The van der Waals surface area contributed by atoms with Crippen LogP contribution in [-0.4, -0.2) is 18.5 Å². The quantitative estimate of drug-likeness (QED) is 0.715. The van der Waals surface area contributed by atoms with Gasteiger partial charge in [0.2, 0.25) is 5.91 Å². The topological polar surface area (TPSA) is 55.1 Å². The Morgan fingerprint density at radius 1 is 1.43 bits per heavy atom. The molecule has 3 N–H and O–H groups in total. The summed E-state index contributed by atoms with van der Waals surface area (Å²) < 4.78 is 0.